The molecule has 0 amide bonds. The summed E-state index contributed by atoms with van der Waals surface area (Å²) in [5.74, 6) is -0.691. The fourth-order valence-corrected chi connectivity index (χ4v) is 3.51. The van der Waals surface area contributed by atoms with Gasteiger partial charge in [0.1, 0.15) is 0 Å². The summed E-state index contributed by atoms with van der Waals surface area (Å²) < 4.78 is 40.6. The molecule has 0 N–H and O–H groups in total. The molecule has 1 atom stereocenters. The number of nitrogens with zero attached hydrogens (tertiary/aromatic N) is 3. The number of azide groups is 1. The Morgan fingerprint density at radius 1 is 1.23 bits per heavy atom. The molecule has 1 aromatic carbocycles. The summed E-state index contributed by atoms with van der Waals surface area (Å²) in [5, 5.41) is 3.30. The molecule has 0 fully saturated rings. The monoisotopic (exact) mass is 441 g/mol. The highest BCUT2D eigenvalue weighted by Gasteiger charge is 2.39. The summed E-state index contributed by atoms with van der Waals surface area (Å²) >= 11 is 0. The number of benzene rings is 1. The summed E-state index contributed by atoms with van der Waals surface area (Å²) in [6.45, 7) is 7.43. The van der Waals surface area contributed by atoms with Crippen LogP contribution in [0.1, 0.15) is 39.7 Å². The van der Waals surface area contributed by atoms with E-state index in [0.717, 1.165) is 5.56 Å². The molecule has 1 aromatic rings. The highest BCUT2D eigenvalue weighted by Crippen LogP contribution is 2.27. The fourth-order valence-electron chi connectivity index (χ4n) is 2.42. The number of carbonyl (C=O) groups is 1. The maximum absolute atomic E-state index is 12.7. The Kier molecular flexibility index (Phi) is 10.8. The number of carbonyl (C=O) groups excluding carboxylic acids is 1. The summed E-state index contributed by atoms with van der Waals surface area (Å²) in [6.07, 6.45) is -0.869. The average Bonchev–Trinajstić information content (AvgIpc) is 2.69. The zero-order valence-electron chi connectivity index (χ0n) is 18.0. The summed E-state index contributed by atoms with van der Waals surface area (Å²) in [5.41, 5.74) is 8.15. The number of esters is 1. The lowest BCUT2D eigenvalue weighted by molar-refractivity contribution is -0.170. The first kappa shape index (κ1) is 25.9. The van der Waals surface area contributed by atoms with E-state index in [2.05, 4.69) is 10.0 Å². The molecule has 0 unspecified atom stereocenters. The Labute approximate surface area is 178 Å². The van der Waals surface area contributed by atoms with Gasteiger partial charge in [0.05, 0.1) is 25.6 Å². The van der Waals surface area contributed by atoms with Crippen molar-refractivity contribution in [3.8, 4) is 0 Å². The Balaban J connectivity index is 2.82. The number of ether oxygens (including phenoxy) is 2. The van der Waals surface area contributed by atoms with Gasteiger partial charge in [-0.3, -0.25) is 4.18 Å². The zero-order valence-corrected chi connectivity index (χ0v) is 18.8. The molecule has 0 bridgehead atoms. The van der Waals surface area contributed by atoms with Gasteiger partial charge >= 0.3 is 5.97 Å². The van der Waals surface area contributed by atoms with E-state index in [0.29, 0.717) is 0 Å². The highest BCUT2D eigenvalue weighted by molar-refractivity contribution is 7.86. The average molecular weight is 442 g/mol. The molecule has 0 aliphatic rings. The SMILES string of the molecule is CC(C)COC(=O)[C@H](OCc1ccccc1)C(C)(C)COS(=O)(=O)CCCN=[N+]=[N-]. The van der Waals surface area contributed by atoms with Crippen LogP contribution in [0, 0.1) is 11.3 Å². The van der Waals surface area contributed by atoms with Crippen molar-refractivity contribution in [2.75, 3.05) is 25.5 Å². The minimum absolute atomic E-state index is 0.0623. The molecular formula is C20H31N3O6S. The van der Waals surface area contributed by atoms with Gasteiger partial charge in [-0.1, -0.05) is 63.1 Å². The Bertz CT molecular complexity index is 805. The van der Waals surface area contributed by atoms with E-state index in [1.165, 1.54) is 0 Å². The van der Waals surface area contributed by atoms with Crippen LogP contribution in [0.4, 0.5) is 0 Å². The molecule has 0 saturated carbocycles. The highest BCUT2D eigenvalue weighted by atomic mass is 32.2. The van der Waals surface area contributed by atoms with Crippen LogP contribution in [0.3, 0.4) is 0 Å². The minimum atomic E-state index is -3.84. The van der Waals surface area contributed by atoms with Gasteiger partial charge in [0.15, 0.2) is 6.10 Å². The van der Waals surface area contributed by atoms with Gasteiger partial charge in [-0.25, -0.2) is 4.79 Å². The Hall–Kier alpha value is -2.13. The zero-order chi connectivity index (χ0) is 22.6. The van der Waals surface area contributed by atoms with Crippen LogP contribution in [-0.4, -0.2) is 46.0 Å². The van der Waals surface area contributed by atoms with Crippen molar-refractivity contribution < 1.29 is 26.9 Å². The van der Waals surface area contributed by atoms with Gasteiger partial charge in [0.25, 0.3) is 10.1 Å². The van der Waals surface area contributed by atoms with Gasteiger partial charge in [0.2, 0.25) is 0 Å². The van der Waals surface area contributed by atoms with Crippen molar-refractivity contribution >= 4 is 16.1 Å². The van der Waals surface area contributed by atoms with E-state index in [4.69, 9.17) is 19.2 Å². The van der Waals surface area contributed by atoms with Crippen LogP contribution in [0.15, 0.2) is 35.4 Å². The van der Waals surface area contributed by atoms with Gasteiger partial charge < -0.3 is 9.47 Å². The molecule has 9 nitrogen and oxygen atoms in total. The van der Waals surface area contributed by atoms with Crippen LogP contribution in [0.25, 0.3) is 10.4 Å². The summed E-state index contributed by atoms with van der Waals surface area (Å²) in [4.78, 5) is 15.3. The van der Waals surface area contributed by atoms with Crippen LogP contribution in [0.2, 0.25) is 0 Å². The van der Waals surface area contributed by atoms with E-state index in [9.17, 15) is 13.2 Å². The van der Waals surface area contributed by atoms with Gasteiger partial charge in [0, 0.05) is 16.9 Å². The Morgan fingerprint density at radius 2 is 1.90 bits per heavy atom. The molecule has 10 heteroatoms. The molecule has 0 heterocycles. The summed E-state index contributed by atoms with van der Waals surface area (Å²) in [6, 6.07) is 9.34. The van der Waals surface area contributed by atoms with E-state index in [1.54, 1.807) is 13.8 Å². The predicted molar refractivity (Wildman–Crippen MR) is 113 cm³/mol. The molecule has 0 spiro atoms. The molecule has 168 valence electrons. The minimum Gasteiger partial charge on any atom is -0.463 e. The predicted octanol–water partition coefficient (Wildman–Crippen LogP) is 3.84. The normalized spacial score (nSPS) is 13.0. The van der Waals surface area contributed by atoms with Gasteiger partial charge in [-0.2, -0.15) is 8.42 Å². The van der Waals surface area contributed by atoms with Crippen LogP contribution in [0.5, 0.6) is 0 Å². The van der Waals surface area contributed by atoms with Crippen molar-refractivity contribution in [3.63, 3.8) is 0 Å². The largest absolute Gasteiger partial charge is 0.463 e. The lowest BCUT2D eigenvalue weighted by atomic mass is 9.87. The quantitative estimate of drug-likeness (QED) is 0.108. The van der Waals surface area contributed by atoms with E-state index < -0.39 is 27.6 Å². The summed E-state index contributed by atoms with van der Waals surface area (Å²) in [7, 11) is -3.84. The first-order chi connectivity index (χ1) is 14.1. The van der Waals surface area contributed by atoms with Crippen molar-refractivity contribution in [1.29, 1.82) is 0 Å². The molecule has 0 radical (unpaired) electrons. The topological polar surface area (TPSA) is 128 Å². The van der Waals surface area contributed by atoms with Crippen LogP contribution >= 0.6 is 0 Å². The third-order valence-electron chi connectivity index (χ3n) is 4.07. The fraction of sp³-hybridized carbons (Fsp3) is 0.650. The van der Waals surface area contributed by atoms with Gasteiger partial charge in [-0.05, 0) is 23.4 Å². The molecule has 1 rings (SSSR count). The first-order valence-electron chi connectivity index (χ1n) is 9.77. The number of hydrogen-bond acceptors (Lipinski definition) is 7. The third-order valence-corrected chi connectivity index (χ3v) is 5.33. The second kappa shape index (κ2) is 12.5. The number of rotatable bonds is 14. The number of hydrogen-bond donors (Lipinski definition) is 0. The van der Waals surface area contributed by atoms with Crippen molar-refractivity contribution in [2.24, 2.45) is 16.4 Å². The Morgan fingerprint density at radius 3 is 2.50 bits per heavy atom. The first-order valence-corrected chi connectivity index (χ1v) is 11.4. The van der Waals surface area contributed by atoms with Crippen molar-refractivity contribution in [2.45, 2.75) is 46.8 Å². The van der Waals surface area contributed by atoms with Crippen LogP contribution in [-0.2, 0) is 35.2 Å². The standard InChI is InChI=1S/C20H31N3O6S/c1-16(2)13-28-19(24)18(27-14-17-9-6-5-7-10-17)20(3,4)15-29-30(25,26)12-8-11-22-23-21/h5-7,9-10,16,18H,8,11-15H2,1-4H3/t18-/m0/s1. The third kappa shape index (κ3) is 10.1. The van der Waals surface area contributed by atoms with E-state index >= 15 is 0 Å². The second-order valence-corrected chi connectivity index (χ2v) is 9.78. The maximum Gasteiger partial charge on any atom is 0.335 e. The molecule has 0 aromatic heterocycles. The maximum atomic E-state index is 12.7. The van der Waals surface area contributed by atoms with Gasteiger partial charge in [-0.15, -0.1) is 0 Å². The molecule has 0 aliphatic heterocycles. The molecule has 0 aliphatic carbocycles. The molecule has 30 heavy (non-hydrogen) atoms. The lowest BCUT2D eigenvalue weighted by Crippen LogP contribution is -2.43. The molecular weight excluding hydrogens is 410 g/mol. The smallest absolute Gasteiger partial charge is 0.335 e. The second-order valence-electron chi connectivity index (χ2n) is 8.02. The van der Waals surface area contributed by atoms with E-state index in [-0.39, 0.29) is 44.5 Å². The van der Waals surface area contributed by atoms with E-state index in [1.807, 2.05) is 44.2 Å². The van der Waals surface area contributed by atoms with Crippen LogP contribution < -0.4 is 0 Å². The van der Waals surface area contributed by atoms with Crippen molar-refractivity contribution in [1.82, 2.24) is 0 Å². The molecule has 0 saturated heterocycles. The van der Waals surface area contributed by atoms with Crippen molar-refractivity contribution in [3.05, 3.63) is 46.3 Å². The lowest BCUT2D eigenvalue weighted by Gasteiger charge is -2.32.